The highest BCUT2D eigenvalue weighted by molar-refractivity contribution is 14.1. The number of alkyl halides is 1. The first-order chi connectivity index (χ1) is 6.67. The largest absolute Gasteiger partial charge is 0.291 e. The van der Waals surface area contributed by atoms with E-state index in [0.29, 0.717) is 8.96 Å². The van der Waals surface area contributed by atoms with E-state index in [1.165, 1.54) is 44.5 Å². The van der Waals surface area contributed by atoms with Crippen LogP contribution in [0.4, 0.5) is 0 Å². The van der Waals surface area contributed by atoms with Gasteiger partial charge in [-0.2, -0.15) is 0 Å². The summed E-state index contributed by atoms with van der Waals surface area (Å²) in [4.78, 5) is 7.46. The summed E-state index contributed by atoms with van der Waals surface area (Å²) in [6, 6.07) is 0. The van der Waals surface area contributed by atoms with Crippen molar-refractivity contribution in [1.29, 1.82) is 0 Å². The molecule has 1 saturated carbocycles. The van der Waals surface area contributed by atoms with Crippen molar-refractivity contribution in [2.24, 2.45) is 4.99 Å². The number of halogens is 1. The van der Waals surface area contributed by atoms with E-state index in [4.69, 9.17) is 4.99 Å². The van der Waals surface area contributed by atoms with Crippen molar-refractivity contribution in [2.75, 3.05) is 19.6 Å². The Balaban J connectivity index is 2.12. The lowest BCUT2D eigenvalue weighted by Gasteiger charge is -2.50. The maximum Gasteiger partial charge on any atom is 0.0709 e. The summed E-state index contributed by atoms with van der Waals surface area (Å²) in [7, 11) is 0. The van der Waals surface area contributed by atoms with Gasteiger partial charge in [-0.3, -0.25) is 9.89 Å². The van der Waals surface area contributed by atoms with E-state index in [1.54, 1.807) is 0 Å². The maximum atomic E-state index is 4.78. The molecule has 1 saturated heterocycles. The highest BCUT2D eigenvalue weighted by atomic mass is 127. The molecule has 0 aromatic carbocycles. The van der Waals surface area contributed by atoms with Gasteiger partial charge in [0, 0.05) is 22.2 Å². The second-order valence-electron chi connectivity index (χ2n) is 4.96. The zero-order valence-corrected chi connectivity index (χ0v) is 10.9. The second kappa shape index (κ2) is 2.94. The fourth-order valence-corrected chi connectivity index (χ4v) is 4.80. The third-order valence-corrected chi connectivity index (χ3v) is 6.63. The molecular weight excluding hydrogens is 287 g/mol. The summed E-state index contributed by atoms with van der Waals surface area (Å²) < 4.78 is 0.488. The van der Waals surface area contributed by atoms with Gasteiger partial charge in [0.25, 0.3) is 0 Å². The standard InChI is InChI=1S/C11H17IN2/c1-10-9-3-2-4-11(10,12)5-7-14(10)8-6-13-9/h2-8H2,1H3. The third-order valence-electron chi connectivity index (χ3n) is 4.50. The molecule has 2 unspecified atom stereocenters. The molecule has 78 valence electrons. The first kappa shape index (κ1) is 9.58. The van der Waals surface area contributed by atoms with Crippen LogP contribution in [0.1, 0.15) is 32.6 Å². The van der Waals surface area contributed by atoms with Crippen LogP contribution in [-0.4, -0.2) is 39.2 Å². The fraction of sp³-hybridized carbons (Fsp3) is 0.909. The predicted molar refractivity (Wildman–Crippen MR) is 67.5 cm³/mol. The molecule has 0 bridgehead atoms. The summed E-state index contributed by atoms with van der Waals surface area (Å²) in [5.74, 6) is 0. The Bertz CT molecular complexity index is 302. The Hall–Kier alpha value is 0.360. The number of hydrogen-bond donors (Lipinski definition) is 0. The van der Waals surface area contributed by atoms with Gasteiger partial charge in [-0.15, -0.1) is 0 Å². The van der Waals surface area contributed by atoms with Crippen molar-refractivity contribution < 1.29 is 0 Å². The van der Waals surface area contributed by atoms with Crippen LogP contribution in [-0.2, 0) is 0 Å². The number of nitrogens with zero attached hydrogens (tertiary/aromatic N) is 2. The zero-order valence-electron chi connectivity index (χ0n) is 8.72. The van der Waals surface area contributed by atoms with Crippen molar-refractivity contribution in [3.8, 4) is 0 Å². The van der Waals surface area contributed by atoms with Crippen LogP contribution in [0.2, 0.25) is 0 Å². The first-order valence-electron chi connectivity index (χ1n) is 5.65. The molecule has 14 heavy (non-hydrogen) atoms. The quantitative estimate of drug-likeness (QED) is 0.495. The molecule has 0 aromatic rings. The first-order valence-corrected chi connectivity index (χ1v) is 6.72. The number of rotatable bonds is 0. The molecule has 2 heterocycles. The minimum Gasteiger partial charge on any atom is -0.291 e. The topological polar surface area (TPSA) is 15.6 Å². The van der Waals surface area contributed by atoms with Gasteiger partial charge < -0.3 is 0 Å². The van der Waals surface area contributed by atoms with Gasteiger partial charge in [-0.1, -0.05) is 22.6 Å². The van der Waals surface area contributed by atoms with Crippen LogP contribution in [0.15, 0.2) is 4.99 Å². The normalized spacial score (nSPS) is 47.4. The van der Waals surface area contributed by atoms with Gasteiger partial charge in [0.05, 0.1) is 12.1 Å². The zero-order chi connectivity index (χ0) is 9.81. The van der Waals surface area contributed by atoms with Crippen molar-refractivity contribution in [3.05, 3.63) is 0 Å². The lowest BCUT2D eigenvalue weighted by molar-refractivity contribution is 0.183. The average molecular weight is 304 g/mol. The second-order valence-corrected chi connectivity index (χ2v) is 7.02. The van der Waals surface area contributed by atoms with E-state index in [1.807, 2.05) is 0 Å². The van der Waals surface area contributed by atoms with E-state index >= 15 is 0 Å². The van der Waals surface area contributed by atoms with Gasteiger partial charge in [-0.05, 0) is 32.6 Å². The van der Waals surface area contributed by atoms with E-state index in [2.05, 4.69) is 34.4 Å². The molecule has 0 N–H and O–H groups in total. The van der Waals surface area contributed by atoms with Crippen LogP contribution >= 0.6 is 22.6 Å². The summed E-state index contributed by atoms with van der Waals surface area (Å²) >= 11 is 2.72. The van der Waals surface area contributed by atoms with Crippen molar-refractivity contribution in [3.63, 3.8) is 0 Å². The molecule has 1 aliphatic carbocycles. The molecular formula is C11H17IN2. The molecule has 0 amide bonds. The highest BCUT2D eigenvalue weighted by Gasteiger charge is 2.59. The number of hydrogen-bond acceptors (Lipinski definition) is 2. The molecule has 2 nitrogen and oxygen atoms in total. The lowest BCUT2D eigenvalue weighted by Crippen LogP contribution is -2.62. The lowest BCUT2D eigenvalue weighted by atomic mass is 9.72. The van der Waals surface area contributed by atoms with Gasteiger partial charge >= 0.3 is 0 Å². The molecule has 0 aromatic heterocycles. The van der Waals surface area contributed by atoms with Gasteiger partial charge in [-0.25, -0.2) is 0 Å². The fourth-order valence-electron chi connectivity index (χ4n) is 3.53. The summed E-state index contributed by atoms with van der Waals surface area (Å²) in [6.07, 6.45) is 5.35. The van der Waals surface area contributed by atoms with Crippen molar-refractivity contribution >= 4 is 28.3 Å². The molecule has 2 aliphatic heterocycles. The van der Waals surface area contributed by atoms with Crippen LogP contribution in [0.3, 0.4) is 0 Å². The van der Waals surface area contributed by atoms with E-state index in [9.17, 15) is 0 Å². The van der Waals surface area contributed by atoms with Crippen LogP contribution < -0.4 is 0 Å². The van der Waals surface area contributed by atoms with Gasteiger partial charge in [0.2, 0.25) is 0 Å². The van der Waals surface area contributed by atoms with E-state index < -0.39 is 0 Å². The number of aliphatic imine (C=N–C) groups is 1. The van der Waals surface area contributed by atoms with Crippen molar-refractivity contribution in [2.45, 2.75) is 41.6 Å². The molecule has 0 spiro atoms. The maximum absolute atomic E-state index is 4.78. The minimum atomic E-state index is 0.310. The summed E-state index contributed by atoms with van der Waals surface area (Å²) in [6.45, 7) is 5.95. The monoisotopic (exact) mass is 304 g/mol. The Labute approximate surface area is 99.3 Å². The van der Waals surface area contributed by atoms with Crippen LogP contribution in [0, 0.1) is 0 Å². The van der Waals surface area contributed by atoms with Gasteiger partial charge in [0.15, 0.2) is 0 Å². The van der Waals surface area contributed by atoms with Crippen molar-refractivity contribution in [1.82, 2.24) is 4.90 Å². The Morgan fingerprint density at radius 3 is 3.07 bits per heavy atom. The minimum absolute atomic E-state index is 0.310. The predicted octanol–water partition coefficient (Wildman–Crippen LogP) is 2.26. The SMILES string of the molecule is CC12C3=NCCN1CCC2(I)CCC3. The van der Waals surface area contributed by atoms with Crippen LogP contribution in [0.5, 0.6) is 0 Å². The smallest absolute Gasteiger partial charge is 0.0709 e. The van der Waals surface area contributed by atoms with Gasteiger partial charge in [0.1, 0.15) is 0 Å². The third kappa shape index (κ3) is 0.979. The van der Waals surface area contributed by atoms with E-state index in [0.717, 1.165) is 6.54 Å². The molecule has 3 aliphatic rings. The highest BCUT2D eigenvalue weighted by Crippen LogP contribution is 2.53. The van der Waals surface area contributed by atoms with E-state index in [-0.39, 0.29) is 0 Å². The molecule has 2 fully saturated rings. The Morgan fingerprint density at radius 1 is 1.36 bits per heavy atom. The molecule has 3 heteroatoms. The Kier molecular flexibility index (Phi) is 2.01. The molecule has 0 radical (unpaired) electrons. The van der Waals surface area contributed by atoms with Crippen LogP contribution in [0.25, 0.3) is 0 Å². The average Bonchev–Trinajstić information content (AvgIpc) is 2.44. The summed E-state index contributed by atoms with van der Waals surface area (Å²) in [5, 5.41) is 0. The molecule has 2 atom stereocenters. The molecule has 3 rings (SSSR count). The Morgan fingerprint density at radius 2 is 2.21 bits per heavy atom. The summed E-state index contributed by atoms with van der Waals surface area (Å²) in [5.41, 5.74) is 1.81.